The maximum Gasteiger partial charge on any atom is 0.356 e. The Kier molecular flexibility index (Phi) is 6.67. The smallest absolute Gasteiger partial charge is 0.356 e. The van der Waals surface area contributed by atoms with E-state index in [4.69, 9.17) is 26.3 Å². The number of nitrogens with zero attached hydrogens (tertiary/aromatic N) is 3. The van der Waals surface area contributed by atoms with Crippen LogP contribution in [0.4, 0.5) is 0 Å². The lowest BCUT2D eigenvalue weighted by Gasteiger charge is -2.12. The Hall–Kier alpha value is -3.03. The molecule has 6 nitrogen and oxygen atoms in total. The van der Waals surface area contributed by atoms with Gasteiger partial charge in [-0.2, -0.15) is 0 Å². The number of aromatic nitrogens is 4. The second kappa shape index (κ2) is 9.63. The molecule has 164 valence electrons. The Morgan fingerprint density at radius 1 is 1.09 bits per heavy atom. The summed E-state index contributed by atoms with van der Waals surface area (Å²) in [5, 5.41) is 0. The summed E-state index contributed by atoms with van der Waals surface area (Å²) in [4.78, 5) is 29.4. The molecule has 0 bridgehead atoms. The number of aromatic amines is 1. The molecular weight excluding hydrogens is 444 g/mol. The van der Waals surface area contributed by atoms with Crippen molar-refractivity contribution in [2.75, 3.05) is 7.11 Å². The molecule has 0 fully saturated rings. The average Bonchev–Trinajstić information content (AvgIpc) is 3.43. The minimum Gasteiger partial charge on any atom is -0.464 e. The lowest BCUT2D eigenvalue weighted by Crippen LogP contribution is -2.05. The summed E-state index contributed by atoms with van der Waals surface area (Å²) < 4.78 is 5.44. The molecule has 0 aliphatic carbocycles. The van der Waals surface area contributed by atoms with Crippen molar-refractivity contribution < 1.29 is 9.53 Å². The van der Waals surface area contributed by atoms with E-state index in [1.807, 2.05) is 19.1 Å². The van der Waals surface area contributed by atoms with Crippen LogP contribution in [0.1, 0.15) is 51.3 Å². The molecule has 0 saturated heterocycles. The Balaban J connectivity index is 1.53. The number of halogens is 1. The van der Waals surface area contributed by atoms with E-state index in [1.54, 1.807) is 0 Å². The van der Waals surface area contributed by atoms with Crippen LogP contribution in [-0.2, 0) is 24.0 Å². The van der Waals surface area contributed by atoms with Gasteiger partial charge in [-0.05, 0) is 42.2 Å². The van der Waals surface area contributed by atoms with Crippen molar-refractivity contribution in [3.05, 3.63) is 86.5 Å². The predicted octanol–water partition coefficient (Wildman–Crippen LogP) is 5.42. The van der Waals surface area contributed by atoms with E-state index in [9.17, 15) is 4.79 Å². The van der Waals surface area contributed by atoms with Crippen molar-refractivity contribution in [3.63, 3.8) is 0 Å². The van der Waals surface area contributed by atoms with Crippen LogP contribution >= 0.6 is 22.9 Å². The Morgan fingerprint density at radius 2 is 1.81 bits per heavy atom. The van der Waals surface area contributed by atoms with Gasteiger partial charge >= 0.3 is 5.97 Å². The summed E-state index contributed by atoms with van der Waals surface area (Å²) in [6.07, 6.45) is 3.71. The number of hydrogen-bond acceptors (Lipinski definition) is 6. The van der Waals surface area contributed by atoms with Crippen LogP contribution in [0.5, 0.6) is 0 Å². The minimum absolute atomic E-state index is 0.355. The molecule has 0 unspecified atom stereocenters. The molecule has 0 aliphatic rings. The zero-order valence-corrected chi connectivity index (χ0v) is 19.7. The molecule has 3 aromatic heterocycles. The molecule has 0 amide bonds. The van der Waals surface area contributed by atoms with E-state index in [1.165, 1.54) is 35.8 Å². The van der Waals surface area contributed by atoms with Crippen molar-refractivity contribution >= 4 is 28.9 Å². The Morgan fingerprint density at radius 3 is 2.44 bits per heavy atom. The largest absolute Gasteiger partial charge is 0.464 e. The van der Waals surface area contributed by atoms with E-state index in [2.05, 4.69) is 41.2 Å². The molecule has 32 heavy (non-hydrogen) atoms. The molecule has 4 rings (SSSR count). The summed E-state index contributed by atoms with van der Waals surface area (Å²) in [5.74, 6) is 1.02. The summed E-state index contributed by atoms with van der Waals surface area (Å²) in [6.45, 7) is 4.17. The van der Waals surface area contributed by atoms with Crippen molar-refractivity contribution in [1.82, 2.24) is 19.9 Å². The van der Waals surface area contributed by atoms with Gasteiger partial charge in [0.25, 0.3) is 0 Å². The number of H-pyrrole nitrogens is 1. The zero-order chi connectivity index (χ0) is 22.7. The number of hydrogen-bond donors (Lipinski definition) is 1. The van der Waals surface area contributed by atoms with Crippen LogP contribution in [0, 0.1) is 6.92 Å². The highest BCUT2D eigenvalue weighted by molar-refractivity contribution is 7.19. The maximum absolute atomic E-state index is 11.6. The van der Waals surface area contributed by atoms with Gasteiger partial charge in [-0.1, -0.05) is 42.8 Å². The van der Waals surface area contributed by atoms with Crippen LogP contribution < -0.4 is 0 Å². The van der Waals surface area contributed by atoms with Crippen molar-refractivity contribution in [3.8, 4) is 10.7 Å². The summed E-state index contributed by atoms with van der Waals surface area (Å²) in [5.41, 5.74) is 5.86. The summed E-state index contributed by atoms with van der Waals surface area (Å²) >= 11 is 7.60. The Labute approximate surface area is 195 Å². The van der Waals surface area contributed by atoms with Crippen LogP contribution in [0.2, 0.25) is 4.34 Å². The molecule has 0 spiro atoms. The van der Waals surface area contributed by atoms with E-state index >= 15 is 0 Å². The minimum atomic E-state index is -0.421. The standard InChI is InChI=1S/C24H23ClN4O2S/c1-4-17-14(2)27-23(20-9-10-21(25)32-20)29-18(17)11-15-5-7-16(8-6-15)12-22-26-13-19(28-22)24(30)31-3/h5-10,13H,4,11-12H2,1-3H3,(H,26,28). The number of carbonyl (C=O) groups is 1. The topological polar surface area (TPSA) is 80.8 Å². The molecule has 3 heterocycles. The van der Waals surface area contributed by atoms with Crippen molar-refractivity contribution in [1.29, 1.82) is 0 Å². The molecule has 0 radical (unpaired) electrons. The fraction of sp³-hybridized carbons (Fsp3) is 0.250. The lowest BCUT2D eigenvalue weighted by molar-refractivity contribution is 0.0594. The fourth-order valence-corrected chi connectivity index (χ4v) is 4.61. The molecule has 1 aromatic carbocycles. The van der Waals surface area contributed by atoms with Crippen molar-refractivity contribution in [2.45, 2.75) is 33.1 Å². The first-order valence-corrected chi connectivity index (χ1v) is 11.5. The first-order chi connectivity index (χ1) is 15.5. The number of benzene rings is 1. The number of thiophene rings is 1. The van der Waals surface area contributed by atoms with Gasteiger partial charge in [0.2, 0.25) is 0 Å². The summed E-state index contributed by atoms with van der Waals surface area (Å²) in [6, 6.07) is 12.2. The van der Waals surface area contributed by atoms with Gasteiger partial charge < -0.3 is 9.72 Å². The van der Waals surface area contributed by atoms with Gasteiger partial charge in [0.05, 0.1) is 28.2 Å². The molecule has 0 saturated carbocycles. The molecule has 1 N–H and O–H groups in total. The third kappa shape index (κ3) is 4.89. The van der Waals surface area contributed by atoms with Gasteiger partial charge in [0.1, 0.15) is 11.5 Å². The lowest BCUT2D eigenvalue weighted by atomic mass is 10.0. The zero-order valence-electron chi connectivity index (χ0n) is 18.1. The number of carbonyl (C=O) groups excluding carboxylic acids is 1. The van der Waals surface area contributed by atoms with E-state index in [-0.39, 0.29) is 0 Å². The molecule has 4 aromatic rings. The van der Waals surface area contributed by atoms with Gasteiger partial charge in [0.15, 0.2) is 5.82 Å². The third-order valence-electron chi connectivity index (χ3n) is 5.25. The molecular formula is C24H23ClN4O2S. The Bertz CT molecular complexity index is 1250. The van der Waals surface area contributed by atoms with Gasteiger partial charge in [-0.25, -0.2) is 19.7 Å². The normalized spacial score (nSPS) is 11.0. The molecule has 8 heteroatoms. The first-order valence-electron chi connectivity index (χ1n) is 10.3. The molecule has 0 aliphatic heterocycles. The van der Waals surface area contributed by atoms with Gasteiger partial charge in [0, 0.05) is 18.5 Å². The van der Waals surface area contributed by atoms with Gasteiger partial charge in [-0.15, -0.1) is 11.3 Å². The van der Waals surface area contributed by atoms with Crippen LogP contribution in [0.15, 0.2) is 42.6 Å². The average molecular weight is 467 g/mol. The number of nitrogens with one attached hydrogen (secondary N) is 1. The quantitative estimate of drug-likeness (QED) is 0.368. The van der Waals surface area contributed by atoms with Crippen LogP contribution in [0.25, 0.3) is 10.7 Å². The number of aryl methyl sites for hydroxylation is 1. The van der Waals surface area contributed by atoms with E-state index in [0.29, 0.717) is 12.1 Å². The third-order valence-corrected chi connectivity index (χ3v) is 6.47. The highest BCUT2D eigenvalue weighted by Crippen LogP contribution is 2.30. The summed E-state index contributed by atoms with van der Waals surface area (Å²) in [7, 11) is 1.35. The number of methoxy groups -OCH3 is 1. The fourth-order valence-electron chi connectivity index (χ4n) is 3.63. The monoisotopic (exact) mass is 466 g/mol. The SMILES string of the molecule is CCc1c(C)nc(-c2ccc(Cl)s2)nc1Cc1ccc(Cc2ncc(C(=O)OC)[nH]2)cc1. The highest BCUT2D eigenvalue weighted by Gasteiger charge is 2.14. The van der Waals surface area contributed by atoms with Gasteiger partial charge in [-0.3, -0.25) is 0 Å². The first kappa shape index (κ1) is 22.2. The number of rotatable bonds is 7. The van der Waals surface area contributed by atoms with Crippen LogP contribution in [-0.4, -0.2) is 33.0 Å². The second-order valence-electron chi connectivity index (χ2n) is 7.42. The highest BCUT2D eigenvalue weighted by atomic mass is 35.5. The van der Waals surface area contributed by atoms with Crippen LogP contribution in [0.3, 0.4) is 0 Å². The number of imidazole rings is 1. The number of esters is 1. The number of ether oxygens (including phenoxy) is 1. The molecule has 0 atom stereocenters. The van der Waals surface area contributed by atoms with Crippen molar-refractivity contribution in [2.24, 2.45) is 0 Å². The second-order valence-corrected chi connectivity index (χ2v) is 9.14. The van der Waals surface area contributed by atoms with E-state index in [0.717, 1.165) is 50.7 Å². The predicted molar refractivity (Wildman–Crippen MR) is 126 cm³/mol. The maximum atomic E-state index is 11.6. The van der Waals surface area contributed by atoms with E-state index < -0.39 is 5.97 Å².